The Labute approximate surface area is 86.4 Å². The summed E-state index contributed by atoms with van der Waals surface area (Å²) in [7, 11) is 0. The van der Waals surface area contributed by atoms with Gasteiger partial charge in [0, 0.05) is 18.7 Å². The standard InChI is InChI=1S/C10H11N3O2/c1-2-8-11-9(15-12-8)7-13-6-4-3-5-10(13)14/h3-6H,2,7H2,1H3. The molecule has 15 heavy (non-hydrogen) atoms. The first-order chi connectivity index (χ1) is 7.29. The molecule has 2 aromatic heterocycles. The maximum Gasteiger partial charge on any atom is 0.250 e. The first-order valence-corrected chi connectivity index (χ1v) is 4.76. The summed E-state index contributed by atoms with van der Waals surface area (Å²) >= 11 is 0. The molecule has 5 nitrogen and oxygen atoms in total. The predicted molar refractivity (Wildman–Crippen MR) is 53.5 cm³/mol. The molecule has 2 aromatic rings. The maximum absolute atomic E-state index is 11.4. The molecular formula is C10H11N3O2. The number of hydrogen-bond acceptors (Lipinski definition) is 4. The Morgan fingerprint density at radius 3 is 3.00 bits per heavy atom. The van der Waals surface area contributed by atoms with Gasteiger partial charge in [-0.05, 0) is 6.07 Å². The molecule has 0 saturated heterocycles. The monoisotopic (exact) mass is 205 g/mol. The maximum atomic E-state index is 11.4. The van der Waals surface area contributed by atoms with Crippen molar-refractivity contribution in [2.24, 2.45) is 0 Å². The minimum atomic E-state index is -0.0752. The van der Waals surface area contributed by atoms with Crippen LogP contribution in [0, 0.1) is 0 Å². The van der Waals surface area contributed by atoms with E-state index in [9.17, 15) is 4.79 Å². The van der Waals surface area contributed by atoms with Crippen LogP contribution in [0.5, 0.6) is 0 Å². The number of aromatic nitrogens is 3. The minimum absolute atomic E-state index is 0.0752. The van der Waals surface area contributed by atoms with Gasteiger partial charge in [-0.15, -0.1) is 0 Å². The molecule has 0 atom stereocenters. The normalized spacial score (nSPS) is 10.5. The Balaban J connectivity index is 2.22. The van der Waals surface area contributed by atoms with Crippen LogP contribution in [-0.2, 0) is 13.0 Å². The summed E-state index contributed by atoms with van der Waals surface area (Å²) < 4.78 is 6.51. The molecule has 0 saturated carbocycles. The van der Waals surface area contributed by atoms with Crippen molar-refractivity contribution in [1.29, 1.82) is 0 Å². The highest BCUT2D eigenvalue weighted by atomic mass is 16.5. The number of nitrogens with zero attached hydrogens (tertiary/aromatic N) is 3. The van der Waals surface area contributed by atoms with E-state index < -0.39 is 0 Å². The van der Waals surface area contributed by atoms with Gasteiger partial charge in [-0.25, -0.2) is 0 Å². The van der Waals surface area contributed by atoms with Gasteiger partial charge in [0.15, 0.2) is 5.82 Å². The van der Waals surface area contributed by atoms with E-state index in [4.69, 9.17) is 4.52 Å². The van der Waals surface area contributed by atoms with E-state index in [1.54, 1.807) is 18.3 Å². The predicted octanol–water partition coefficient (Wildman–Crippen LogP) is 0.842. The van der Waals surface area contributed by atoms with Crippen molar-refractivity contribution < 1.29 is 4.52 Å². The van der Waals surface area contributed by atoms with Crippen molar-refractivity contribution in [1.82, 2.24) is 14.7 Å². The van der Waals surface area contributed by atoms with E-state index in [0.717, 1.165) is 6.42 Å². The number of hydrogen-bond donors (Lipinski definition) is 0. The van der Waals surface area contributed by atoms with Gasteiger partial charge in [0.1, 0.15) is 6.54 Å². The van der Waals surface area contributed by atoms with Gasteiger partial charge >= 0.3 is 0 Å². The molecule has 0 aliphatic heterocycles. The quantitative estimate of drug-likeness (QED) is 0.745. The zero-order valence-corrected chi connectivity index (χ0v) is 8.38. The molecule has 0 N–H and O–H groups in total. The summed E-state index contributed by atoms with van der Waals surface area (Å²) in [4.78, 5) is 15.5. The summed E-state index contributed by atoms with van der Waals surface area (Å²) in [5.41, 5.74) is -0.0752. The summed E-state index contributed by atoms with van der Waals surface area (Å²) in [5.74, 6) is 1.12. The largest absolute Gasteiger partial charge is 0.337 e. The van der Waals surface area contributed by atoms with Crippen LogP contribution in [-0.4, -0.2) is 14.7 Å². The second kappa shape index (κ2) is 4.08. The summed E-state index contributed by atoms with van der Waals surface area (Å²) in [5, 5.41) is 3.76. The van der Waals surface area contributed by atoms with Crippen LogP contribution in [0.4, 0.5) is 0 Å². The SMILES string of the molecule is CCc1noc(Cn2ccccc2=O)n1. The average molecular weight is 205 g/mol. The van der Waals surface area contributed by atoms with Gasteiger partial charge in [-0.2, -0.15) is 4.98 Å². The smallest absolute Gasteiger partial charge is 0.250 e. The van der Waals surface area contributed by atoms with Gasteiger partial charge in [0.2, 0.25) is 5.89 Å². The van der Waals surface area contributed by atoms with Crippen LogP contribution in [0.15, 0.2) is 33.7 Å². The lowest BCUT2D eigenvalue weighted by molar-refractivity contribution is 0.365. The molecule has 0 aliphatic rings. The first-order valence-electron chi connectivity index (χ1n) is 4.76. The van der Waals surface area contributed by atoms with Crippen molar-refractivity contribution in [2.75, 3.05) is 0 Å². The van der Waals surface area contributed by atoms with Crippen LogP contribution in [0.3, 0.4) is 0 Å². The van der Waals surface area contributed by atoms with Crippen LogP contribution in [0.1, 0.15) is 18.6 Å². The fraction of sp³-hybridized carbons (Fsp3) is 0.300. The average Bonchev–Trinajstić information content (AvgIpc) is 2.69. The molecule has 0 amide bonds. The lowest BCUT2D eigenvalue weighted by Crippen LogP contribution is -2.18. The van der Waals surface area contributed by atoms with Gasteiger partial charge in [0.05, 0.1) is 0 Å². The molecule has 2 rings (SSSR count). The molecule has 2 heterocycles. The van der Waals surface area contributed by atoms with Crippen molar-refractivity contribution in [3.63, 3.8) is 0 Å². The van der Waals surface area contributed by atoms with Gasteiger partial charge in [-0.3, -0.25) is 4.79 Å². The Morgan fingerprint density at radius 1 is 1.47 bits per heavy atom. The number of aryl methyl sites for hydroxylation is 1. The van der Waals surface area contributed by atoms with Gasteiger partial charge < -0.3 is 9.09 Å². The Bertz CT molecular complexity index is 501. The summed E-state index contributed by atoms with van der Waals surface area (Å²) in [6.07, 6.45) is 2.42. The Hall–Kier alpha value is -1.91. The lowest BCUT2D eigenvalue weighted by atomic mass is 10.4. The van der Waals surface area contributed by atoms with Gasteiger partial charge in [0.25, 0.3) is 5.56 Å². The minimum Gasteiger partial charge on any atom is -0.337 e. The molecule has 78 valence electrons. The molecule has 0 aliphatic carbocycles. The van der Waals surface area contributed by atoms with Crippen molar-refractivity contribution >= 4 is 0 Å². The lowest BCUT2D eigenvalue weighted by Gasteiger charge is -1.98. The van der Waals surface area contributed by atoms with Crippen LogP contribution in [0.25, 0.3) is 0 Å². The van der Waals surface area contributed by atoms with Crippen molar-refractivity contribution in [3.05, 3.63) is 46.5 Å². The number of pyridine rings is 1. The number of rotatable bonds is 3. The zero-order valence-electron chi connectivity index (χ0n) is 8.38. The Morgan fingerprint density at radius 2 is 2.33 bits per heavy atom. The first kappa shape index (κ1) is 9.64. The van der Waals surface area contributed by atoms with Crippen molar-refractivity contribution in [2.45, 2.75) is 19.9 Å². The molecule has 0 fully saturated rings. The second-order valence-corrected chi connectivity index (χ2v) is 3.12. The van der Waals surface area contributed by atoms with E-state index in [-0.39, 0.29) is 5.56 Å². The van der Waals surface area contributed by atoms with E-state index in [0.29, 0.717) is 18.3 Å². The highest BCUT2D eigenvalue weighted by Gasteiger charge is 2.05. The fourth-order valence-corrected chi connectivity index (χ4v) is 1.23. The molecular weight excluding hydrogens is 194 g/mol. The van der Waals surface area contributed by atoms with Crippen molar-refractivity contribution in [3.8, 4) is 0 Å². The fourth-order valence-electron chi connectivity index (χ4n) is 1.23. The van der Waals surface area contributed by atoms with E-state index in [1.807, 2.05) is 6.92 Å². The summed E-state index contributed by atoms with van der Waals surface area (Å²) in [6.45, 7) is 2.27. The van der Waals surface area contributed by atoms with E-state index >= 15 is 0 Å². The third-order valence-electron chi connectivity index (χ3n) is 2.03. The third-order valence-corrected chi connectivity index (χ3v) is 2.03. The molecule has 0 unspecified atom stereocenters. The third kappa shape index (κ3) is 2.12. The van der Waals surface area contributed by atoms with Crippen LogP contribution >= 0.6 is 0 Å². The van der Waals surface area contributed by atoms with E-state index in [1.165, 1.54) is 10.6 Å². The Kier molecular flexibility index (Phi) is 2.62. The van der Waals surface area contributed by atoms with Crippen LogP contribution in [0.2, 0.25) is 0 Å². The molecule has 0 aromatic carbocycles. The molecule has 0 spiro atoms. The molecule has 0 bridgehead atoms. The summed E-state index contributed by atoms with van der Waals surface area (Å²) in [6, 6.07) is 4.99. The van der Waals surface area contributed by atoms with Gasteiger partial charge in [-0.1, -0.05) is 18.1 Å². The molecule has 0 radical (unpaired) electrons. The highest BCUT2D eigenvalue weighted by molar-refractivity contribution is 4.96. The second-order valence-electron chi connectivity index (χ2n) is 3.12. The highest BCUT2D eigenvalue weighted by Crippen LogP contribution is 1.99. The molecule has 5 heteroatoms. The zero-order chi connectivity index (χ0) is 10.7. The van der Waals surface area contributed by atoms with Crippen LogP contribution < -0.4 is 5.56 Å². The van der Waals surface area contributed by atoms with E-state index in [2.05, 4.69) is 10.1 Å². The topological polar surface area (TPSA) is 60.9 Å².